The van der Waals surface area contributed by atoms with Gasteiger partial charge in [-0.25, -0.2) is 0 Å². The van der Waals surface area contributed by atoms with Crippen LogP contribution in [-0.4, -0.2) is 13.6 Å². The molecule has 1 aliphatic rings. The molecule has 0 saturated heterocycles. The van der Waals surface area contributed by atoms with Crippen LogP contribution in [0.25, 0.3) is 16.5 Å². The van der Waals surface area contributed by atoms with Crippen molar-refractivity contribution in [2.24, 2.45) is 5.41 Å². The summed E-state index contributed by atoms with van der Waals surface area (Å²) in [5, 5.41) is 1.79. The summed E-state index contributed by atoms with van der Waals surface area (Å²) in [5.74, 6) is 0.679. The Bertz CT molecular complexity index is 1140. The third-order valence-electron chi connectivity index (χ3n) is 5.72. The molecule has 2 aromatic carbocycles. The molecule has 1 fully saturated rings. The van der Waals surface area contributed by atoms with E-state index in [2.05, 4.69) is 68.0 Å². The molecule has 158 valence electrons. The SMILES string of the molecule is C[SiH](C)OC(c1c(Br)cccc1-n1ccc2cc(C3CC3)ccc2c1=O)C(C)(C)C. The van der Waals surface area contributed by atoms with Crippen molar-refractivity contribution in [2.45, 2.75) is 58.7 Å². The van der Waals surface area contributed by atoms with Gasteiger partial charge in [0.05, 0.1) is 11.8 Å². The molecule has 0 N–H and O–H groups in total. The summed E-state index contributed by atoms with van der Waals surface area (Å²) in [6.07, 6.45) is 4.34. The first-order valence-electron chi connectivity index (χ1n) is 10.8. The van der Waals surface area contributed by atoms with Crippen LogP contribution in [0, 0.1) is 5.41 Å². The van der Waals surface area contributed by atoms with Gasteiger partial charge in [0, 0.05) is 21.6 Å². The number of hydrogen-bond acceptors (Lipinski definition) is 2. The van der Waals surface area contributed by atoms with E-state index in [0.29, 0.717) is 5.92 Å². The molecule has 30 heavy (non-hydrogen) atoms. The molecule has 4 rings (SSSR count). The van der Waals surface area contributed by atoms with Crippen LogP contribution >= 0.6 is 15.9 Å². The quantitative estimate of drug-likeness (QED) is 0.377. The van der Waals surface area contributed by atoms with Crippen LogP contribution in [0.4, 0.5) is 0 Å². The molecule has 1 atom stereocenters. The van der Waals surface area contributed by atoms with E-state index < -0.39 is 9.04 Å². The molecule has 0 aliphatic heterocycles. The first-order valence-corrected chi connectivity index (χ1v) is 14.3. The number of hydrogen-bond donors (Lipinski definition) is 0. The number of pyridine rings is 1. The zero-order valence-electron chi connectivity index (χ0n) is 18.4. The first kappa shape index (κ1) is 21.5. The summed E-state index contributed by atoms with van der Waals surface area (Å²) in [6.45, 7) is 11.0. The van der Waals surface area contributed by atoms with Crippen molar-refractivity contribution in [3.05, 3.63) is 74.6 Å². The molecule has 0 bridgehead atoms. The van der Waals surface area contributed by atoms with Gasteiger partial charge in [0.15, 0.2) is 9.04 Å². The Morgan fingerprint density at radius 2 is 1.87 bits per heavy atom. The van der Waals surface area contributed by atoms with E-state index in [-0.39, 0.29) is 17.1 Å². The molecule has 1 heterocycles. The van der Waals surface area contributed by atoms with Gasteiger partial charge < -0.3 is 4.43 Å². The van der Waals surface area contributed by atoms with E-state index >= 15 is 0 Å². The minimum Gasteiger partial charge on any atom is -0.413 e. The Hall–Kier alpha value is -1.69. The van der Waals surface area contributed by atoms with Gasteiger partial charge in [0.25, 0.3) is 5.56 Å². The minimum absolute atomic E-state index is 0.0173. The second kappa shape index (κ2) is 8.10. The smallest absolute Gasteiger partial charge is 0.262 e. The lowest BCUT2D eigenvalue weighted by Gasteiger charge is -2.35. The predicted molar refractivity (Wildman–Crippen MR) is 131 cm³/mol. The topological polar surface area (TPSA) is 31.2 Å². The van der Waals surface area contributed by atoms with Crippen LogP contribution in [0.15, 0.2) is 57.9 Å². The second-order valence-corrected chi connectivity index (χ2v) is 12.9. The van der Waals surface area contributed by atoms with Crippen LogP contribution in [-0.2, 0) is 4.43 Å². The number of aromatic nitrogens is 1. The number of rotatable bonds is 5. The number of nitrogens with zero attached hydrogens (tertiary/aromatic N) is 1. The van der Waals surface area contributed by atoms with Crippen LogP contribution in [0.3, 0.4) is 0 Å². The maximum absolute atomic E-state index is 13.5. The lowest BCUT2D eigenvalue weighted by Crippen LogP contribution is -2.29. The molecule has 0 amide bonds. The molecule has 0 spiro atoms. The molecule has 1 aromatic heterocycles. The van der Waals surface area contributed by atoms with Gasteiger partial charge in [-0.1, -0.05) is 54.9 Å². The molecule has 3 aromatic rings. The van der Waals surface area contributed by atoms with Gasteiger partial charge in [-0.3, -0.25) is 9.36 Å². The maximum Gasteiger partial charge on any atom is 0.262 e. The molecule has 3 nitrogen and oxygen atoms in total. The van der Waals surface area contributed by atoms with E-state index in [0.717, 1.165) is 26.5 Å². The van der Waals surface area contributed by atoms with Crippen LogP contribution in [0.1, 0.15) is 56.8 Å². The average Bonchev–Trinajstić information content (AvgIpc) is 3.51. The molecule has 0 radical (unpaired) electrons. The van der Waals surface area contributed by atoms with Crippen molar-refractivity contribution in [3.8, 4) is 5.69 Å². The minimum atomic E-state index is -1.30. The van der Waals surface area contributed by atoms with Crippen molar-refractivity contribution in [3.63, 3.8) is 0 Å². The summed E-state index contributed by atoms with van der Waals surface area (Å²) in [6, 6.07) is 14.4. The third-order valence-corrected chi connectivity index (χ3v) is 7.23. The molecular weight excluding hydrogens is 454 g/mol. The molecule has 1 aliphatic carbocycles. The zero-order valence-corrected chi connectivity index (χ0v) is 21.1. The summed E-state index contributed by atoms with van der Waals surface area (Å²) in [4.78, 5) is 13.5. The summed E-state index contributed by atoms with van der Waals surface area (Å²) in [7, 11) is -1.30. The highest BCUT2D eigenvalue weighted by Crippen LogP contribution is 2.43. The average molecular weight is 485 g/mol. The summed E-state index contributed by atoms with van der Waals surface area (Å²) < 4.78 is 9.27. The third kappa shape index (κ3) is 4.20. The van der Waals surface area contributed by atoms with Gasteiger partial charge in [0.1, 0.15) is 0 Å². The highest BCUT2D eigenvalue weighted by molar-refractivity contribution is 9.10. The summed E-state index contributed by atoms with van der Waals surface area (Å²) in [5.41, 5.74) is 3.20. The van der Waals surface area contributed by atoms with Crippen molar-refractivity contribution < 1.29 is 4.43 Å². The van der Waals surface area contributed by atoms with Gasteiger partial charge in [0.2, 0.25) is 0 Å². The van der Waals surface area contributed by atoms with Crippen molar-refractivity contribution in [2.75, 3.05) is 0 Å². The number of halogens is 1. The zero-order chi connectivity index (χ0) is 21.6. The van der Waals surface area contributed by atoms with Gasteiger partial charge in [-0.05, 0) is 72.5 Å². The molecular formula is C25H30BrNO2Si. The van der Waals surface area contributed by atoms with E-state index in [1.54, 1.807) is 4.57 Å². The van der Waals surface area contributed by atoms with E-state index in [1.165, 1.54) is 18.4 Å². The van der Waals surface area contributed by atoms with E-state index in [4.69, 9.17) is 4.43 Å². The van der Waals surface area contributed by atoms with E-state index in [1.807, 2.05) is 30.5 Å². The van der Waals surface area contributed by atoms with Crippen LogP contribution in [0.2, 0.25) is 13.1 Å². The van der Waals surface area contributed by atoms with Gasteiger partial charge in [-0.15, -0.1) is 0 Å². The highest BCUT2D eigenvalue weighted by atomic mass is 79.9. The normalized spacial score (nSPS) is 15.7. The Labute approximate surface area is 188 Å². The maximum atomic E-state index is 13.5. The number of benzene rings is 2. The van der Waals surface area contributed by atoms with Crippen LogP contribution < -0.4 is 5.56 Å². The second-order valence-electron chi connectivity index (χ2n) is 9.72. The van der Waals surface area contributed by atoms with Crippen molar-refractivity contribution in [1.82, 2.24) is 4.57 Å². The Morgan fingerprint density at radius 1 is 1.13 bits per heavy atom. The molecule has 1 saturated carbocycles. The lowest BCUT2D eigenvalue weighted by molar-refractivity contribution is 0.0859. The fourth-order valence-corrected chi connectivity index (χ4v) is 5.75. The summed E-state index contributed by atoms with van der Waals surface area (Å²) >= 11 is 3.75. The van der Waals surface area contributed by atoms with E-state index in [9.17, 15) is 4.79 Å². The standard InChI is InChI=1S/C25H30BrNO2Si/c1-25(2,3)23(29-30(4)5)22-20(26)7-6-8-21(22)27-14-13-18-15-17(16-9-10-16)11-12-19(18)24(27)28/h6-8,11-16,23,30H,9-10H2,1-5H3. The Kier molecular flexibility index (Phi) is 5.81. The van der Waals surface area contributed by atoms with Gasteiger partial charge >= 0.3 is 0 Å². The fraction of sp³-hybridized carbons (Fsp3) is 0.400. The predicted octanol–water partition coefficient (Wildman–Crippen LogP) is 6.72. The van der Waals surface area contributed by atoms with Crippen molar-refractivity contribution in [1.29, 1.82) is 0 Å². The highest BCUT2D eigenvalue weighted by Gasteiger charge is 2.32. The Morgan fingerprint density at radius 3 is 2.50 bits per heavy atom. The monoisotopic (exact) mass is 483 g/mol. The number of fused-ring (bicyclic) bond motifs is 1. The fourth-order valence-electron chi connectivity index (χ4n) is 4.10. The van der Waals surface area contributed by atoms with Gasteiger partial charge in [-0.2, -0.15) is 0 Å². The van der Waals surface area contributed by atoms with Crippen molar-refractivity contribution >= 4 is 35.7 Å². The first-order chi connectivity index (χ1) is 14.2. The largest absolute Gasteiger partial charge is 0.413 e. The van der Waals surface area contributed by atoms with Crippen LogP contribution in [0.5, 0.6) is 0 Å². The lowest BCUT2D eigenvalue weighted by atomic mass is 9.84. The molecule has 1 unspecified atom stereocenters. The Balaban J connectivity index is 1.89. The molecule has 5 heteroatoms.